The fraction of sp³-hybridized carbons (Fsp3) is 0.364. The number of carbonyl (C=O) groups is 1. The van der Waals surface area contributed by atoms with Crippen LogP contribution in [0.4, 0.5) is 10.1 Å². The summed E-state index contributed by atoms with van der Waals surface area (Å²) in [6, 6.07) is 1.74. The van der Waals surface area contributed by atoms with E-state index < -0.39 is 34.5 Å². The van der Waals surface area contributed by atoms with Gasteiger partial charge in [-0.3, -0.25) is 10.1 Å². The van der Waals surface area contributed by atoms with Crippen LogP contribution in [0.15, 0.2) is 18.2 Å². The molecule has 0 aliphatic rings. The van der Waals surface area contributed by atoms with Gasteiger partial charge >= 0.3 is 11.7 Å². The molecule has 7 nitrogen and oxygen atoms in total. The lowest BCUT2D eigenvalue weighted by Gasteiger charge is -2.15. The average molecular weight is 309 g/mol. The number of hydrogen-bond acceptors (Lipinski definition) is 6. The molecule has 0 aliphatic carbocycles. The van der Waals surface area contributed by atoms with E-state index >= 15 is 0 Å². The summed E-state index contributed by atoms with van der Waals surface area (Å²) in [6.07, 6.45) is -2.14. The van der Waals surface area contributed by atoms with Gasteiger partial charge in [0.05, 0.1) is 17.6 Å². The molecule has 3 N–H and O–H groups in total. The van der Waals surface area contributed by atoms with E-state index in [0.29, 0.717) is 0 Å². The fourth-order valence-corrected chi connectivity index (χ4v) is 1.43. The number of aromatic hydroxyl groups is 1. The number of nitrogens with zero attached hydrogens (tertiary/aromatic N) is 1. The SMILES string of the molecule is CCOC(=O)C(F)[C@H](N)c1ccc(O)c([N+](=O)[O-])c1.Cl. The number of ether oxygens (including phenoxy) is 1. The number of phenols is 1. The van der Waals surface area contributed by atoms with Crippen molar-refractivity contribution in [2.45, 2.75) is 19.1 Å². The van der Waals surface area contributed by atoms with E-state index in [0.717, 1.165) is 12.1 Å². The number of halogens is 2. The van der Waals surface area contributed by atoms with Crippen LogP contribution in [0, 0.1) is 10.1 Å². The zero-order valence-electron chi connectivity index (χ0n) is 10.5. The van der Waals surface area contributed by atoms with Gasteiger partial charge in [-0.15, -0.1) is 12.4 Å². The quantitative estimate of drug-likeness (QED) is 0.485. The summed E-state index contributed by atoms with van der Waals surface area (Å²) >= 11 is 0. The van der Waals surface area contributed by atoms with Crippen LogP contribution in [0.1, 0.15) is 18.5 Å². The van der Waals surface area contributed by atoms with Crippen LogP contribution < -0.4 is 5.73 Å². The Bertz CT molecular complexity index is 500. The number of alkyl halides is 1. The van der Waals surface area contributed by atoms with Crippen molar-refractivity contribution in [3.05, 3.63) is 33.9 Å². The summed E-state index contributed by atoms with van der Waals surface area (Å²) in [5, 5.41) is 19.9. The number of nitro benzene ring substituents is 1. The maximum Gasteiger partial charge on any atom is 0.342 e. The molecule has 0 aliphatic heterocycles. The van der Waals surface area contributed by atoms with Crippen molar-refractivity contribution < 1.29 is 24.0 Å². The van der Waals surface area contributed by atoms with Crippen molar-refractivity contribution in [3.63, 3.8) is 0 Å². The van der Waals surface area contributed by atoms with Crippen molar-refractivity contribution in [3.8, 4) is 5.75 Å². The normalized spacial score (nSPS) is 12.9. The molecule has 0 bridgehead atoms. The van der Waals surface area contributed by atoms with Crippen LogP contribution in [0.5, 0.6) is 5.75 Å². The van der Waals surface area contributed by atoms with Crippen LogP contribution in [-0.2, 0) is 9.53 Å². The first-order valence-electron chi connectivity index (χ1n) is 5.42. The van der Waals surface area contributed by atoms with Gasteiger partial charge in [-0.05, 0) is 18.6 Å². The second kappa shape index (κ2) is 7.61. The summed E-state index contributed by atoms with van der Waals surface area (Å²) < 4.78 is 18.1. The first kappa shape index (κ1) is 18.1. The third-order valence-corrected chi connectivity index (χ3v) is 2.41. The summed E-state index contributed by atoms with van der Waals surface area (Å²) in [5.74, 6) is -1.70. The van der Waals surface area contributed by atoms with Crippen LogP contribution in [0.2, 0.25) is 0 Å². The number of nitrogens with two attached hydrogens (primary N) is 1. The van der Waals surface area contributed by atoms with Gasteiger partial charge in [-0.1, -0.05) is 6.07 Å². The molecule has 20 heavy (non-hydrogen) atoms. The molecule has 1 rings (SSSR count). The van der Waals surface area contributed by atoms with Crippen molar-refractivity contribution in [1.29, 1.82) is 0 Å². The third kappa shape index (κ3) is 4.04. The molecule has 1 aromatic carbocycles. The topological polar surface area (TPSA) is 116 Å². The fourth-order valence-electron chi connectivity index (χ4n) is 1.43. The minimum absolute atomic E-state index is 0. The standard InChI is InChI=1S/C11H13FN2O5.ClH/c1-2-19-11(16)9(12)10(13)6-3-4-8(15)7(5-6)14(17)18;/h3-5,9-10,15H,2,13H2,1H3;1H/t9?,10-;/m1./s1. The lowest BCUT2D eigenvalue weighted by atomic mass is 10.0. The van der Waals surface area contributed by atoms with Crippen LogP contribution in [-0.4, -0.2) is 28.8 Å². The minimum Gasteiger partial charge on any atom is -0.502 e. The molecule has 0 saturated heterocycles. The lowest BCUT2D eigenvalue weighted by Crippen LogP contribution is -2.31. The van der Waals surface area contributed by atoms with Crippen LogP contribution in [0.25, 0.3) is 0 Å². The molecule has 0 radical (unpaired) electrons. The summed E-state index contributed by atoms with van der Waals surface area (Å²) in [5.41, 5.74) is 4.92. The van der Waals surface area contributed by atoms with E-state index in [-0.39, 0.29) is 24.6 Å². The molecular formula is C11H14ClFN2O5. The van der Waals surface area contributed by atoms with E-state index in [2.05, 4.69) is 4.74 Å². The highest BCUT2D eigenvalue weighted by Gasteiger charge is 2.29. The Kier molecular flexibility index (Phi) is 6.87. The van der Waals surface area contributed by atoms with Gasteiger partial charge < -0.3 is 15.6 Å². The monoisotopic (exact) mass is 308 g/mol. The van der Waals surface area contributed by atoms with Crippen molar-refractivity contribution in [1.82, 2.24) is 0 Å². The predicted molar refractivity (Wildman–Crippen MR) is 70.5 cm³/mol. The number of benzene rings is 1. The van der Waals surface area contributed by atoms with Gasteiger partial charge in [0, 0.05) is 6.07 Å². The first-order valence-corrected chi connectivity index (χ1v) is 5.42. The van der Waals surface area contributed by atoms with Crippen molar-refractivity contribution in [2.75, 3.05) is 6.61 Å². The van der Waals surface area contributed by atoms with Gasteiger partial charge in [0.2, 0.25) is 6.17 Å². The highest BCUT2D eigenvalue weighted by Crippen LogP contribution is 2.29. The van der Waals surface area contributed by atoms with Crippen LogP contribution in [0.3, 0.4) is 0 Å². The molecule has 1 aromatic rings. The van der Waals surface area contributed by atoms with E-state index in [1.54, 1.807) is 0 Å². The molecule has 2 atom stereocenters. The Hall–Kier alpha value is -1.93. The minimum atomic E-state index is -2.14. The number of carbonyl (C=O) groups excluding carboxylic acids is 1. The Morgan fingerprint density at radius 1 is 1.60 bits per heavy atom. The molecule has 0 aromatic heterocycles. The number of nitro groups is 1. The van der Waals surface area contributed by atoms with E-state index in [1.165, 1.54) is 13.0 Å². The smallest absolute Gasteiger partial charge is 0.342 e. The molecule has 0 fully saturated rings. The van der Waals surface area contributed by atoms with Crippen LogP contribution >= 0.6 is 12.4 Å². The summed E-state index contributed by atoms with van der Waals surface area (Å²) in [4.78, 5) is 21.0. The van der Waals surface area contributed by atoms with E-state index in [4.69, 9.17) is 5.73 Å². The molecule has 112 valence electrons. The number of rotatable bonds is 5. The average Bonchev–Trinajstić information content (AvgIpc) is 2.37. The second-order valence-corrected chi connectivity index (χ2v) is 3.68. The van der Waals surface area contributed by atoms with E-state index in [1.807, 2.05) is 0 Å². The zero-order valence-corrected chi connectivity index (χ0v) is 11.3. The molecule has 0 amide bonds. The Morgan fingerprint density at radius 2 is 2.20 bits per heavy atom. The molecule has 0 spiro atoms. The number of hydrogen-bond donors (Lipinski definition) is 2. The zero-order chi connectivity index (χ0) is 14.6. The number of phenolic OH excluding ortho intramolecular Hbond substituents is 1. The van der Waals surface area contributed by atoms with Crippen molar-refractivity contribution in [2.24, 2.45) is 5.73 Å². The molecule has 1 unspecified atom stereocenters. The molecule has 9 heteroatoms. The van der Waals surface area contributed by atoms with Gasteiger partial charge in [-0.2, -0.15) is 0 Å². The Labute approximate surface area is 120 Å². The maximum atomic E-state index is 13.7. The highest BCUT2D eigenvalue weighted by atomic mass is 35.5. The number of esters is 1. The van der Waals surface area contributed by atoms with Gasteiger partial charge in [0.15, 0.2) is 5.75 Å². The molecule has 0 saturated carbocycles. The second-order valence-electron chi connectivity index (χ2n) is 3.68. The van der Waals surface area contributed by atoms with Gasteiger partial charge in [0.1, 0.15) is 0 Å². The molecule has 0 heterocycles. The van der Waals surface area contributed by atoms with Gasteiger partial charge in [-0.25, -0.2) is 9.18 Å². The molecular weight excluding hydrogens is 295 g/mol. The Balaban J connectivity index is 0.00000361. The van der Waals surface area contributed by atoms with Gasteiger partial charge in [0.25, 0.3) is 0 Å². The third-order valence-electron chi connectivity index (χ3n) is 2.41. The Morgan fingerprint density at radius 3 is 2.70 bits per heavy atom. The highest BCUT2D eigenvalue weighted by molar-refractivity contribution is 5.85. The van der Waals surface area contributed by atoms with E-state index in [9.17, 15) is 24.4 Å². The first-order chi connectivity index (χ1) is 8.88. The predicted octanol–water partition coefficient (Wildman–Crippen LogP) is 1.62. The lowest BCUT2D eigenvalue weighted by molar-refractivity contribution is -0.385. The summed E-state index contributed by atoms with van der Waals surface area (Å²) in [7, 11) is 0. The maximum absolute atomic E-state index is 13.7. The summed E-state index contributed by atoms with van der Waals surface area (Å²) in [6.45, 7) is 1.52. The largest absolute Gasteiger partial charge is 0.502 e. The van der Waals surface area contributed by atoms with Crippen molar-refractivity contribution >= 4 is 24.1 Å².